The largest absolute Gasteiger partial charge is 0.351 e. The van der Waals surface area contributed by atoms with Gasteiger partial charge >= 0.3 is 0 Å². The van der Waals surface area contributed by atoms with Gasteiger partial charge in [0.1, 0.15) is 11.2 Å². The van der Waals surface area contributed by atoms with E-state index in [0.717, 1.165) is 62.3 Å². The molecule has 2 fully saturated rings. The lowest BCUT2D eigenvalue weighted by atomic mass is 9.82. The van der Waals surface area contributed by atoms with Gasteiger partial charge < -0.3 is 20.1 Å². The molecule has 194 valence electrons. The van der Waals surface area contributed by atoms with Gasteiger partial charge in [0, 0.05) is 24.4 Å². The maximum atomic E-state index is 14.4. The van der Waals surface area contributed by atoms with E-state index in [4.69, 9.17) is 0 Å². The van der Waals surface area contributed by atoms with E-state index in [1.165, 1.54) is 19.8 Å². The van der Waals surface area contributed by atoms with Crippen molar-refractivity contribution in [2.75, 3.05) is 5.32 Å². The molecule has 36 heavy (non-hydrogen) atoms. The predicted molar refractivity (Wildman–Crippen MR) is 142 cm³/mol. The molecular formula is C29H40N4O3. The molecule has 2 heterocycles. The Morgan fingerprint density at radius 1 is 0.972 bits per heavy atom. The quantitative estimate of drug-likeness (QED) is 0.573. The SMILES string of the molecule is CC(=O)Nc1c2n(c3ccccc13)C[C@](C)(C(=O)NC1CCCCCC1)N(C1CCC(C)CC1)C2=O. The number of carbonyl (C=O) groups excluding carboxylic acids is 3. The summed E-state index contributed by atoms with van der Waals surface area (Å²) in [6.07, 6.45) is 10.6. The fraction of sp³-hybridized carbons (Fsp3) is 0.621. The lowest BCUT2D eigenvalue weighted by Gasteiger charge is -2.49. The average Bonchev–Trinajstić information content (AvgIpc) is 2.98. The number of hydrogen-bond donors (Lipinski definition) is 2. The number of carbonyl (C=O) groups is 3. The molecule has 0 radical (unpaired) electrons. The summed E-state index contributed by atoms with van der Waals surface area (Å²) in [7, 11) is 0. The number of nitrogens with zero attached hydrogens (tertiary/aromatic N) is 2. The van der Waals surface area contributed by atoms with E-state index < -0.39 is 5.54 Å². The minimum absolute atomic E-state index is 0.00974. The average molecular weight is 493 g/mol. The molecule has 1 aliphatic heterocycles. The van der Waals surface area contributed by atoms with Gasteiger partial charge in [-0.05, 0) is 57.4 Å². The van der Waals surface area contributed by atoms with E-state index in [1.54, 1.807) is 0 Å². The van der Waals surface area contributed by atoms with Crippen molar-refractivity contribution in [2.45, 2.75) is 109 Å². The van der Waals surface area contributed by atoms with Crippen molar-refractivity contribution in [3.63, 3.8) is 0 Å². The zero-order chi connectivity index (χ0) is 25.4. The van der Waals surface area contributed by atoms with Gasteiger partial charge in [-0.3, -0.25) is 14.4 Å². The summed E-state index contributed by atoms with van der Waals surface area (Å²) in [6.45, 7) is 6.05. The van der Waals surface area contributed by atoms with Crippen molar-refractivity contribution in [3.05, 3.63) is 30.0 Å². The number of para-hydroxylation sites is 1. The molecule has 1 aromatic heterocycles. The maximum Gasteiger partial charge on any atom is 0.273 e. The van der Waals surface area contributed by atoms with Crippen LogP contribution in [0.3, 0.4) is 0 Å². The number of amides is 3. The summed E-state index contributed by atoms with van der Waals surface area (Å²) in [6, 6.07) is 7.94. The second-order valence-electron chi connectivity index (χ2n) is 11.5. The first kappa shape index (κ1) is 24.8. The highest BCUT2D eigenvalue weighted by Crippen LogP contribution is 2.42. The summed E-state index contributed by atoms with van der Waals surface area (Å²) >= 11 is 0. The van der Waals surface area contributed by atoms with Crippen LogP contribution in [-0.2, 0) is 16.1 Å². The van der Waals surface area contributed by atoms with Crippen molar-refractivity contribution < 1.29 is 14.4 Å². The number of rotatable bonds is 4. The van der Waals surface area contributed by atoms with E-state index in [9.17, 15) is 14.4 Å². The highest BCUT2D eigenvalue weighted by atomic mass is 16.2. The fourth-order valence-electron chi connectivity index (χ4n) is 6.73. The van der Waals surface area contributed by atoms with Crippen LogP contribution in [0.2, 0.25) is 0 Å². The van der Waals surface area contributed by atoms with E-state index in [-0.39, 0.29) is 29.8 Å². The van der Waals surface area contributed by atoms with Gasteiger partial charge in [-0.25, -0.2) is 0 Å². The lowest BCUT2D eigenvalue weighted by Crippen LogP contribution is -2.67. The fourth-order valence-corrected chi connectivity index (χ4v) is 6.73. The maximum absolute atomic E-state index is 14.4. The summed E-state index contributed by atoms with van der Waals surface area (Å²) in [5.74, 6) is 0.221. The molecule has 2 aromatic rings. The van der Waals surface area contributed by atoms with Gasteiger partial charge in [-0.1, -0.05) is 50.8 Å². The van der Waals surface area contributed by atoms with Crippen LogP contribution < -0.4 is 10.6 Å². The number of hydrogen-bond acceptors (Lipinski definition) is 3. The molecule has 1 aromatic carbocycles. The van der Waals surface area contributed by atoms with Crippen molar-refractivity contribution >= 4 is 34.3 Å². The predicted octanol–water partition coefficient (Wildman–Crippen LogP) is 5.23. The monoisotopic (exact) mass is 492 g/mol. The van der Waals surface area contributed by atoms with Crippen LogP contribution in [0.5, 0.6) is 0 Å². The van der Waals surface area contributed by atoms with Crippen LogP contribution in [0.25, 0.3) is 10.9 Å². The zero-order valence-corrected chi connectivity index (χ0v) is 21.9. The Labute approximate surface area is 214 Å². The summed E-state index contributed by atoms with van der Waals surface area (Å²) in [5.41, 5.74) is 0.917. The van der Waals surface area contributed by atoms with E-state index in [1.807, 2.05) is 40.7 Å². The molecule has 7 nitrogen and oxygen atoms in total. The highest BCUT2D eigenvalue weighted by Gasteiger charge is 2.52. The number of aromatic nitrogens is 1. The Balaban J connectivity index is 1.59. The smallest absolute Gasteiger partial charge is 0.273 e. The standard InChI is InChI=1S/C29H40N4O3/c1-19-14-16-22(17-15-19)33-27(35)26-25(30-20(2)34)23-12-8-9-13-24(23)32(26)18-29(33,3)28(36)31-21-10-6-4-5-7-11-21/h8-9,12-13,19,21-22H,4-7,10-11,14-18H2,1-3H3,(H,30,34)(H,31,36)/t19?,22?,29-/m1/s1. The first-order chi connectivity index (χ1) is 17.3. The van der Waals surface area contributed by atoms with Crippen molar-refractivity contribution in [3.8, 4) is 0 Å². The van der Waals surface area contributed by atoms with Gasteiger partial charge in [-0.15, -0.1) is 0 Å². The second-order valence-corrected chi connectivity index (χ2v) is 11.5. The van der Waals surface area contributed by atoms with Crippen LogP contribution in [0.15, 0.2) is 24.3 Å². The Morgan fingerprint density at radius 2 is 1.64 bits per heavy atom. The Hall–Kier alpha value is -2.83. The van der Waals surface area contributed by atoms with Crippen LogP contribution in [0, 0.1) is 5.92 Å². The summed E-state index contributed by atoms with van der Waals surface area (Å²) in [5, 5.41) is 7.14. The topological polar surface area (TPSA) is 83.4 Å². The second kappa shape index (κ2) is 9.91. The molecular weight excluding hydrogens is 452 g/mol. The van der Waals surface area contributed by atoms with Crippen LogP contribution in [0.4, 0.5) is 5.69 Å². The summed E-state index contributed by atoms with van der Waals surface area (Å²) < 4.78 is 1.97. The van der Waals surface area contributed by atoms with Crippen LogP contribution >= 0.6 is 0 Å². The van der Waals surface area contributed by atoms with Gasteiger partial charge in [0.2, 0.25) is 11.8 Å². The molecule has 3 aliphatic rings. The lowest BCUT2D eigenvalue weighted by molar-refractivity contribution is -0.135. The van der Waals surface area contributed by atoms with E-state index in [2.05, 4.69) is 17.6 Å². The molecule has 5 rings (SSSR count). The van der Waals surface area contributed by atoms with Gasteiger partial charge in [-0.2, -0.15) is 0 Å². The molecule has 2 aliphatic carbocycles. The number of fused-ring (bicyclic) bond motifs is 3. The Bertz CT molecular complexity index is 1150. The first-order valence-corrected chi connectivity index (χ1v) is 13.8. The van der Waals surface area contributed by atoms with Gasteiger partial charge in [0.25, 0.3) is 5.91 Å². The zero-order valence-electron chi connectivity index (χ0n) is 21.9. The van der Waals surface area contributed by atoms with Crippen molar-refractivity contribution in [2.24, 2.45) is 5.92 Å². The van der Waals surface area contributed by atoms with E-state index >= 15 is 0 Å². The molecule has 3 amide bonds. The number of nitrogens with one attached hydrogen (secondary N) is 2. The molecule has 0 unspecified atom stereocenters. The molecule has 0 saturated heterocycles. The molecule has 7 heteroatoms. The highest BCUT2D eigenvalue weighted by molar-refractivity contribution is 6.14. The minimum Gasteiger partial charge on any atom is -0.351 e. The van der Waals surface area contributed by atoms with Crippen molar-refractivity contribution in [1.29, 1.82) is 0 Å². The molecule has 0 spiro atoms. The molecule has 0 bridgehead atoms. The van der Waals surface area contributed by atoms with Crippen LogP contribution in [0.1, 0.15) is 95.5 Å². The molecule has 1 atom stereocenters. The van der Waals surface area contributed by atoms with Gasteiger partial charge in [0.15, 0.2) is 0 Å². The minimum atomic E-state index is -1.00. The van der Waals surface area contributed by atoms with Crippen LogP contribution in [-0.4, -0.2) is 44.8 Å². The molecule has 2 N–H and O–H groups in total. The third kappa shape index (κ3) is 4.41. The molecule has 2 saturated carbocycles. The van der Waals surface area contributed by atoms with E-state index in [0.29, 0.717) is 23.8 Å². The first-order valence-electron chi connectivity index (χ1n) is 13.8. The van der Waals surface area contributed by atoms with Crippen molar-refractivity contribution in [1.82, 2.24) is 14.8 Å². The third-order valence-electron chi connectivity index (χ3n) is 8.72. The number of benzene rings is 1. The van der Waals surface area contributed by atoms with Gasteiger partial charge in [0.05, 0.1) is 17.7 Å². The number of anilines is 1. The normalized spacial score (nSPS) is 27.4. The summed E-state index contributed by atoms with van der Waals surface area (Å²) in [4.78, 5) is 42.6. The Morgan fingerprint density at radius 3 is 2.31 bits per heavy atom. The Kier molecular flexibility index (Phi) is 6.84. The third-order valence-corrected chi connectivity index (χ3v) is 8.72.